The average Bonchev–Trinajstić information content (AvgIpc) is 2.93. The molecule has 2 fully saturated rings. The molecule has 1 heterocycles. The number of urea groups is 1. The molecule has 0 spiro atoms. The molecule has 80 valence electrons. The quantitative estimate of drug-likeness (QED) is 0.735. The Labute approximate surface area is 85.8 Å². The highest BCUT2D eigenvalue weighted by Gasteiger charge is 2.39. The van der Waals surface area contributed by atoms with Gasteiger partial charge >= 0.3 is 6.03 Å². The van der Waals surface area contributed by atoms with Crippen LogP contribution in [0.5, 0.6) is 0 Å². The highest BCUT2D eigenvalue weighted by atomic mass is 16.2. The topological polar surface area (TPSA) is 32.3 Å². The fraction of sp³-hybridized carbons (Fsp3) is 0.909. The van der Waals surface area contributed by atoms with E-state index in [9.17, 15) is 4.79 Å². The van der Waals surface area contributed by atoms with E-state index in [0.29, 0.717) is 6.04 Å². The lowest BCUT2D eigenvalue weighted by molar-refractivity contribution is 0.187. The van der Waals surface area contributed by atoms with Crippen LogP contribution in [0, 0.1) is 5.92 Å². The van der Waals surface area contributed by atoms with E-state index in [1.54, 1.807) is 0 Å². The summed E-state index contributed by atoms with van der Waals surface area (Å²) < 4.78 is 0. The first-order chi connectivity index (χ1) is 6.83. The summed E-state index contributed by atoms with van der Waals surface area (Å²) in [7, 11) is 0. The lowest BCUT2D eigenvalue weighted by Gasteiger charge is -2.24. The van der Waals surface area contributed by atoms with Gasteiger partial charge in [-0.2, -0.15) is 0 Å². The van der Waals surface area contributed by atoms with E-state index in [4.69, 9.17) is 0 Å². The molecule has 3 nitrogen and oxygen atoms in total. The van der Waals surface area contributed by atoms with Crippen molar-refractivity contribution in [3.63, 3.8) is 0 Å². The first-order valence-corrected chi connectivity index (χ1v) is 5.87. The maximum atomic E-state index is 11.8. The molecule has 2 amide bonds. The fourth-order valence-electron chi connectivity index (χ4n) is 2.35. The van der Waals surface area contributed by atoms with Crippen molar-refractivity contribution in [2.75, 3.05) is 13.1 Å². The second kappa shape index (κ2) is 4.20. The monoisotopic (exact) mass is 196 g/mol. The summed E-state index contributed by atoms with van der Waals surface area (Å²) in [6.45, 7) is 3.87. The Bertz CT molecular complexity index is 213. The number of carbonyl (C=O) groups excluding carboxylic acids is 1. The third-order valence-corrected chi connectivity index (χ3v) is 3.25. The highest BCUT2D eigenvalue weighted by molar-refractivity contribution is 5.74. The Morgan fingerprint density at radius 1 is 1.43 bits per heavy atom. The highest BCUT2D eigenvalue weighted by Crippen LogP contribution is 2.39. The number of likely N-dealkylation sites (tertiary alicyclic amines) is 1. The van der Waals surface area contributed by atoms with Crippen LogP contribution >= 0.6 is 0 Å². The van der Waals surface area contributed by atoms with Crippen molar-refractivity contribution >= 4 is 6.03 Å². The average molecular weight is 196 g/mol. The molecule has 0 aromatic heterocycles. The maximum Gasteiger partial charge on any atom is 0.317 e. The summed E-state index contributed by atoms with van der Waals surface area (Å²) in [5.41, 5.74) is 0. The molecule has 0 radical (unpaired) electrons. The van der Waals surface area contributed by atoms with Gasteiger partial charge < -0.3 is 10.2 Å². The van der Waals surface area contributed by atoms with Gasteiger partial charge in [0.05, 0.1) is 0 Å². The summed E-state index contributed by atoms with van der Waals surface area (Å²) in [4.78, 5) is 13.8. The van der Waals surface area contributed by atoms with Gasteiger partial charge in [0.2, 0.25) is 0 Å². The van der Waals surface area contributed by atoms with E-state index in [2.05, 4.69) is 17.1 Å². The molecule has 1 unspecified atom stereocenters. The number of amides is 2. The Balaban J connectivity index is 1.85. The predicted octanol–water partition coefficient (Wildman–Crippen LogP) is 1.98. The summed E-state index contributed by atoms with van der Waals surface area (Å²) >= 11 is 0. The lowest BCUT2D eigenvalue weighted by Crippen LogP contribution is -2.43. The molecule has 2 aliphatic rings. The summed E-state index contributed by atoms with van der Waals surface area (Å²) in [6.07, 6.45) is 6.11. The van der Waals surface area contributed by atoms with Gasteiger partial charge in [0.1, 0.15) is 0 Å². The fourth-order valence-corrected chi connectivity index (χ4v) is 2.35. The number of nitrogens with zero attached hydrogens (tertiary/aromatic N) is 1. The molecule has 1 atom stereocenters. The van der Waals surface area contributed by atoms with E-state index in [1.807, 2.05) is 0 Å². The molecule has 1 aliphatic heterocycles. The smallest absolute Gasteiger partial charge is 0.317 e. The van der Waals surface area contributed by atoms with Crippen LogP contribution in [0.1, 0.15) is 39.0 Å². The first kappa shape index (κ1) is 9.81. The van der Waals surface area contributed by atoms with Crippen molar-refractivity contribution in [3.8, 4) is 0 Å². The minimum atomic E-state index is 0.168. The van der Waals surface area contributed by atoms with Crippen molar-refractivity contribution in [3.05, 3.63) is 0 Å². The van der Waals surface area contributed by atoms with Crippen LogP contribution < -0.4 is 5.32 Å². The summed E-state index contributed by atoms with van der Waals surface area (Å²) in [5, 5.41) is 2.97. The van der Waals surface area contributed by atoms with Gasteiger partial charge in [-0.1, -0.05) is 6.92 Å². The minimum absolute atomic E-state index is 0.168. The van der Waals surface area contributed by atoms with Crippen LogP contribution in [0.25, 0.3) is 0 Å². The Hall–Kier alpha value is -0.730. The van der Waals surface area contributed by atoms with Gasteiger partial charge in [-0.05, 0) is 38.0 Å². The van der Waals surface area contributed by atoms with Crippen LogP contribution in [-0.2, 0) is 0 Å². The number of hydrogen-bond donors (Lipinski definition) is 1. The van der Waals surface area contributed by atoms with Crippen LogP contribution in [0.15, 0.2) is 0 Å². The third-order valence-electron chi connectivity index (χ3n) is 3.25. The first-order valence-electron chi connectivity index (χ1n) is 5.87. The lowest BCUT2D eigenvalue weighted by atomic mass is 10.1. The molecule has 0 bridgehead atoms. The van der Waals surface area contributed by atoms with E-state index in [1.165, 1.54) is 25.7 Å². The van der Waals surface area contributed by atoms with Crippen LogP contribution in [0.2, 0.25) is 0 Å². The Morgan fingerprint density at radius 3 is 2.86 bits per heavy atom. The second-order valence-corrected chi connectivity index (χ2v) is 4.47. The van der Waals surface area contributed by atoms with Gasteiger partial charge in [0.25, 0.3) is 0 Å². The molecule has 14 heavy (non-hydrogen) atoms. The normalized spacial score (nSPS) is 26.6. The number of carbonyl (C=O) groups is 1. The van der Waals surface area contributed by atoms with Gasteiger partial charge in [0, 0.05) is 19.1 Å². The zero-order chi connectivity index (χ0) is 9.97. The molecule has 0 aromatic rings. The van der Waals surface area contributed by atoms with Crippen molar-refractivity contribution in [2.24, 2.45) is 5.92 Å². The Morgan fingerprint density at radius 2 is 2.21 bits per heavy atom. The maximum absolute atomic E-state index is 11.8. The molecule has 3 heteroatoms. The molecule has 0 aromatic carbocycles. The van der Waals surface area contributed by atoms with E-state index in [0.717, 1.165) is 25.4 Å². The molecule has 1 saturated carbocycles. The van der Waals surface area contributed by atoms with Gasteiger partial charge in [0.15, 0.2) is 0 Å². The van der Waals surface area contributed by atoms with Gasteiger partial charge in [-0.25, -0.2) is 4.79 Å². The minimum Gasteiger partial charge on any atom is -0.338 e. The second-order valence-electron chi connectivity index (χ2n) is 4.47. The van der Waals surface area contributed by atoms with Gasteiger partial charge in [-0.15, -0.1) is 0 Å². The largest absolute Gasteiger partial charge is 0.338 e. The molecule has 2 rings (SSSR count). The van der Waals surface area contributed by atoms with E-state index in [-0.39, 0.29) is 6.03 Å². The van der Waals surface area contributed by atoms with Crippen LogP contribution in [0.4, 0.5) is 4.79 Å². The number of rotatable bonds is 3. The molecular formula is C11H20N2O. The zero-order valence-corrected chi connectivity index (χ0v) is 8.96. The predicted molar refractivity (Wildman–Crippen MR) is 56.1 cm³/mol. The SMILES string of the molecule is CCCNC(=O)N1CCCC1C1CC1. The van der Waals surface area contributed by atoms with E-state index < -0.39 is 0 Å². The summed E-state index contributed by atoms with van der Waals surface area (Å²) in [6, 6.07) is 0.730. The molecule has 1 N–H and O–H groups in total. The number of hydrogen-bond acceptors (Lipinski definition) is 1. The summed E-state index contributed by atoms with van der Waals surface area (Å²) in [5.74, 6) is 0.824. The van der Waals surface area contributed by atoms with Crippen molar-refractivity contribution in [1.82, 2.24) is 10.2 Å². The standard InChI is InChI=1S/C11H20N2O/c1-2-7-12-11(14)13-8-3-4-10(13)9-5-6-9/h9-10H,2-8H2,1H3,(H,12,14). The van der Waals surface area contributed by atoms with Crippen molar-refractivity contribution < 1.29 is 4.79 Å². The molecular weight excluding hydrogens is 176 g/mol. The molecule has 1 saturated heterocycles. The van der Waals surface area contributed by atoms with Gasteiger partial charge in [-0.3, -0.25) is 0 Å². The number of nitrogens with one attached hydrogen (secondary N) is 1. The van der Waals surface area contributed by atoms with Crippen molar-refractivity contribution in [1.29, 1.82) is 0 Å². The molecule has 1 aliphatic carbocycles. The van der Waals surface area contributed by atoms with Crippen molar-refractivity contribution in [2.45, 2.75) is 45.1 Å². The van der Waals surface area contributed by atoms with Crippen LogP contribution in [-0.4, -0.2) is 30.1 Å². The van der Waals surface area contributed by atoms with E-state index >= 15 is 0 Å². The zero-order valence-electron chi connectivity index (χ0n) is 8.96. The Kier molecular flexibility index (Phi) is 2.94. The van der Waals surface area contributed by atoms with Crippen LogP contribution in [0.3, 0.4) is 0 Å². The third kappa shape index (κ3) is 2.02.